The van der Waals surface area contributed by atoms with Crippen LogP contribution in [0.2, 0.25) is 0 Å². The van der Waals surface area contributed by atoms with Gasteiger partial charge in [-0.25, -0.2) is 0 Å². The lowest BCUT2D eigenvalue weighted by Gasteiger charge is -2.29. The van der Waals surface area contributed by atoms with E-state index < -0.39 is 0 Å². The van der Waals surface area contributed by atoms with Crippen molar-refractivity contribution >= 4 is 11.8 Å². The zero-order valence-electron chi connectivity index (χ0n) is 11.9. The molecule has 1 aliphatic heterocycles. The summed E-state index contributed by atoms with van der Waals surface area (Å²) in [7, 11) is 3.61. The van der Waals surface area contributed by atoms with Crippen molar-refractivity contribution in [2.75, 3.05) is 32.2 Å². The molecule has 1 aliphatic rings. The molecule has 6 nitrogen and oxygen atoms in total. The van der Waals surface area contributed by atoms with Gasteiger partial charge >= 0.3 is 0 Å². The maximum atomic E-state index is 10.0. The number of aromatic nitrogens is 2. The van der Waals surface area contributed by atoms with E-state index in [0.717, 1.165) is 18.1 Å². The highest BCUT2D eigenvalue weighted by atomic mass is 32.2. The molecular formula is C14H17N3O3S. The Morgan fingerprint density at radius 3 is 3.05 bits per heavy atom. The van der Waals surface area contributed by atoms with Gasteiger partial charge in [0.1, 0.15) is 11.5 Å². The molecule has 3 rings (SSSR count). The second kappa shape index (κ2) is 5.95. The second-order valence-corrected chi connectivity index (χ2v) is 6.06. The molecule has 1 N–H and O–H groups in total. The Kier molecular flexibility index (Phi) is 4.03. The largest absolute Gasteiger partial charge is 0.507 e. The van der Waals surface area contributed by atoms with Crippen LogP contribution in [0.4, 0.5) is 0 Å². The minimum atomic E-state index is 0.0657. The van der Waals surface area contributed by atoms with Gasteiger partial charge in [-0.05, 0) is 19.2 Å². The molecule has 0 bridgehead atoms. The van der Waals surface area contributed by atoms with E-state index in [1.807, 2.05) is 11.8 Å². The first-order chi connectivity index (χ1) is 10.2. The van der Waals surface area contributed by atoms with Crippen LogP contribution in [0.5, 0.6) is 11.5 Å². The molecule has 1 saturated heterocycles. The Balaban J connectivity index is 1.87. The molecule has 0 amide bonds. The van der Waals surface area contributed by atoms with E-state index in [4.69, 9.17) is 9.26 Å². The Labute approximate surface area is 127 Å². The lowest BCUT2D eigenvalue weighted by molar-refractivity contribution is 0.257. The summed E-state index contributed by atoms with van der Waals surface area (Å²) in [6.07, 6.45) is 0. The topological polar surface area (TPSA) is 71.6 Å². The zero-order chi connectivity index (χ0) is 14.8. The number of aromatic hydroxyl groups is 1. The van der Waals surface area contributed by atoms with Crippen LogP contribution in [0.3, 0.4) is 0 Å². The number of ether oxygens (including phenoxy) is 1. The fourth-order valence-electron chi connectivity index (χ4n) is 2.26. The summed E-state index contributed by atoms with van der Waals surface area (Å²) in [5.41, 5.74) is 0.515. The summed E-state index contributed by atoms with van der Waals surface area (Å²) >= 11 is 1.89. The van der Waals surface area contributed by atoms with Crippen molar-refractivity contribution in [2.45, 2.75) is 6.04 Å². The minimum Gasteiger partial charge on any atom is -0.507 e. The van der Waals surface area contributed by atoms with Crippen LogP contribution in [-0.2, 0) is 0 Å². The number of benzene rings is 1. The first-order valence-electron chi connectivity index (χ1n) is 6.68. The minimum absolute atomic E-state index is 0.0657. The molecule has 1 unspecified atom stereocenters. The third-order valence-corrected chi connectivity index (χ3v) is 4.59. The molecule has 7 heteroatoms. The van der Waals surface area contributed by atoms with Gasteiger partial charge in [0, 0.05) is 24.1 Å². The average Bonchev–Trinajstić information content (AvgIpc) is 2.97. The average molecular weight is 307 g/mol. The molecule has 0 aliphatic carbocycles. The number of phenols is 1. The molecule has 0 saturated carbocycles. The van der Waals surface area contributed by atoms with E-state index in [1.54, 1.807) is 19.2 Å². The molecule has 0 spiro atoms. The van der Waals surface area contributed by atoms with E-state index in [1.165, 1.54) is 6.07 Å². The first-order valence-corrected chi connectivity index (χ1v) is 7.83. The number of methoxy groups -OCH3 is 1. The summed E-state index contributed by atoms with van der Waals surface area (Å²) in [5, 5.41) is 14.1. The van der Waals surface area contributed by atoms with Crippen LogP contribution in [0.1, 0.15) is 11.9 Å². The molecule has 1 aromatic carbocycles. The molecule has 21 heavy (non-hydrogen) atoms. The fraction of sp³-hybridized carbons (Fsp3) is 0.429. The number of rotatable bonds is 3. The lowest BCUT2D eigenvalue weighted by atomic mass is 10.2. The lowest BCUT2D eigenvalue weighted by Crippen LogP contribution is -2.33. The highest BCUT2D eigenvalue weighted by molar-refractivity contribution is 7.99. The normalized spacial score (nSPS) is 19.6. The number of nitrogens with zero attached hydrogens (tertiary/aromatic N) is 3. The van der Waals surface area contributed by atoms with E-state index >= 15 is 0 Å². The maximum Gasteiger partial charge on any atom is 0.261 e. The molecule has 1 fully saturated rings. The van der Waals surface area contributed by atoms with Crippen molar-refractivity contribution in [1.82, 2.24) is 15.0 Å². The van der Waals surface area contributed by atoms with Gasteiger partial charge < -0.3 is 14.4 Å². The van der Waals surface area contributed by atoms with Gasteiger partial charge in [0.2, 0.25) is 0 Å². The van der Waals surface area contributed by atoms with Crippen molar-refractivity contribution in [2.24, 2.45) is 0 Å². The van der Waals surface area contributed by atoms with Crippen molar-refractivity contribution in [1.29, 1.82) is 0 Å². The number of hydrogen-bond donors (Lipinski definition) is 1. The van der Waals surface area contributed by atoms with Gasteiger partial charge in [-0.15, -0.1) is 0 Å². The van der Waals surface area contributed by atoms with Gasteiger partial charge in [-0.3, -0.25) is 4.90 Å². The van der Waals surface area contributed by atoms with E-state index in [9.17, 15) is 5.11 Å². The second-order valence-electron chi connectivity index (χ2n) is 4.91. The van der Waals surface area contributed by atoms with E-state index in [2.05, 4.69) is 22.1 Å². The zero-order valence-corrected chi connectivity index (χ0v) is 12.8. The van der Waals surface area contributed by atoms with Crippen molar-refractivity contribution < 1.29 is 14.4 Å². The quantitative estimate of drug-likeness (QED) is 0.931. The summed E-state index contributed by atoms with van der Waals surface area (Å²) < 4.78 is 10.4. The third-order valence-electron chi connectivity index (χ3n) is 3.57. The van der Waals surface area contributed by atoms with Crippen LogP contribution in [-0.4, -0.2) is 52.4 Å². The van der Waals surface area contributed by atoms with Crippen LogP contribution in [0.25, 0.3) is 11.5 Å². The van der Waals surface area contributed by atoms with Crippen molar-refractivity contribution in [3.8, 4) is 23.0 Å². The molecule has 0 radical (unpaired) electrons. The maximum absolute atomic E-state index is 10.0. The third kappa shape index (κ3) is 2.84. The fourth-order valence-corrected chi connectivity index (χ4v) is 3.47. The van der Waals surface area contributed by atoms with Crippen molar-refractivity contribution in [3.05, 3.63) is 24.0 Å². The number of phenolic OH excluding ortho intramolecular Hbond substituents is 1. The van der Waals surface area contributed by atoms with E-state index in [-0.39, 0.29) is 11.8 Å². The van der Waals surface area contributed by atoms with Gasteiger partial charge in [0.15, 0.2) is 5.82 Å². The molecule has 2 aromatic rings. The SMILES string of the molecule is COc1ccc(-c2nc(C3CSCCN3C)no2)c(O)c1. The molecule has 1 aromatic heterocycles. The Bertz CT molecular complexity index is 632. The molecular weight excluding hydrogens is 290 g/mol. The standard InChI is InChI=1S/C14H17N3O3S/c1-17-5-6-21-8-11(17)13-15-14(20-16-13)10-4-3-9(19-2)7-12(10)18/h3-4,7,11,18H,5-6,8H2,1-2H3. The molecule has 2 heterocycles. The van der Waals surface area contributed by atoms with Crippen LogP contribution in [0.15, 0.2) is 22.7 Å². The van der Waals surface area contributed by atoms with E-state index in [0.29, 0.717) is 23.0 Å². The van der Waals surface area contributed by atoms with Crippen LogP contribution < -0.4 is 4.74 Å². The van der Waals surface area contributed by atoms with Crippen LogP contribution >= 0.6 is 11.8 Å². The summed E-state index contributed by atoms with van der Waals surface area (Å²) in [5.74, 6) is 3.71. The van der Waals surface area contributed by atoms with Gasteiger partial charge in [0.05, 0.1) is 18.7 Å². The van der Waals surface area contributed by atoms with Gasteiger partial charge in [-0.2, -0.15) is 16.7 Å². The number of thioether (sulfide) groups is 1. The van der Waals surface area contributed by atoms with Gasteiger partial charge in [0.25, 0.3) is 5.89 Å². The summed E-state index contributed by atoms with van der Waals surface area (Å²) in [6, 6.07) is 5.15. The molecule has 1 atom stereocenters. The predicted molar refractivity (Wildman–Crippen MR) is 80.6 cm³/mol. The predicted octanol–water partition coefficient (Wildman–Crippen LogP) is 2.17. The van der Waals surface area contributed by atoms with Crippen LogP contribution in [0, 0.1) is 0 Å². The highest BCUT2D eigenvalue weighted by Crippen LogP contribution is 2.33. The van der Waals surface area contributed by atoms with Crippen molar-refractivity contribution in [3.63, 3.8) is 0 Å². The first kappa shape index (κ1) is 14.2. The Morgan fingerprint density at radius 1 is 1.48 bits per heavy atom. The smallest absolute Gasteiger partial charge is 0.261 e. The Morgan fingerprint density at radius 2 is 2.33 bits per heavy atom. The Hall–Kier alpha value is -1.73. The number of hydrogen-bond acceptors (Lipinski definition) is 7. The summed E-state index contributed by atoms with van der Waals surface area (Å²) in [6.45, 7) is 1.01. The molecule has 112 valence electrons. The summed E-state index contributed by atoms with van der Waals surface area (Å²) in [4.78, 5) is 6.66. The monoisotopic (exact) mass is 307 g/mol. The van der Waals surface area contributed by atoms with Gasteiger partial charge in [-0.1, -0.05) is 5.16 Å². The highest BCUT2D eigenvalue weighted by Gasteiger charge is 2.26.